The Kier molecular flexibility index (Phi) is 6.35. The number of aromatic nitrogens is 1. The highest BCUT2D eigenvalue weighted by Gasteiger charge is 2.36. The first-order chi connectivity index (χ1) is 16.9. The Labute approximate surface area is 209 Å². The number of nitrogens with zero attached hydrogens (tertiary/aromatic N) is 3. The molecule has 0 spiro atoms. The molecule has 11 heteroatoms. The largest absolute Gasteiger partial charge is 0.475 e. The molecule has 2 atom stereocenters. The van der Waals surface area contributed by atoms with Crippen LogP contribution >= 0.6 is 22.7 Å². The summed E-state index contributed by atoms with van der Waals surface area (Å²) in [5.41, 5.74) is 6.36. The minimum atomic E-state index is -0.876. The molecular formula is C24H22N4O5S2. The fourth-order valence-electron chi connectivity index (χ4n) is 4.34. The van der Waals surface area contributed by atoms with E-state index in [1.807, 2.05) is 0 Å². The molecule has 35 heavy (non-hydrogen) atoms. The molecular weight excluding hydrogens is 488 g/mol. The van der Waals surface area contributed by atoms with Crippen molar-refractivity contribution in [2.75, 3.05) is 18.0 Å². The summed E-state index contributed by atoms with van der Waals surface area (Å²) in [6, 6.07) is 9.89. The van der Waals surface area contributed by atoms with E-state index in [-0.39, 0.29) is 30.6 Å². The molecule has 2 N–H and O–H groups in total. The van der Waals surface area contributed by atoms with Crippen LogP contribution in [0.5, 0.6) is 5.75 Å². The monoisotopic (exact) mass is 510 g/mol. The number of ether oxygens (including phenoxy) is 1. The molecule has 4 heterocycles. The average Bonchev–Trinajstić information content (AvgIpc) is 3.66. The smallest absolute Gasteiger partial charge is 0.270 e. The van der Waals surface area contributed by atoms with Gasteiger partial charge in [0, 0.05) is 24.9 Å². The van der Waals surface area contributed by atoms with E-state index in [2.05, 4.69) is 4.98 Å². The second kappa shape index (κ2) is 9.59. The summed E-state index contributed by atoms with van der Waals surface area (Å²) in [5, 5.41) is 3.86. The quantitative estimate of drug-likeness (QED) is 0.521. The van der Waals surface area contributed by atoms with Gasteiger partial charge in [0.05, 0.1) is 10.4 Å². The predicted octanol–water partition coefficient (Wildman–Crippen LogP) is 3.03. The minimum absolute atomic E-state index is 0.0140. The van der Waals surface area contributed by atoms with Gasteiger partial charge < -0.3 is 15.4 Å². The van der Waals surface area contributed by atoms with Crippen molar-refractivity contribution in [1.29, 1.82) is 0 Å². The molecule has 180 valence electrons. The zero-order chi connectivity index (χ0) is 24.5. The van der Waals surface area contributed by atoms with Crippen LogP contribution in [0.1, 0.15) is 51.1 Å². The van der Waals surface area contributed by atoms with Crippen LogP contribution in [-0.4, -0.2) is 52.5 Å². The van der Waals surface area contributed by atoms with E-state index >= 15 is 0 Å². The Bertz CT molecular complexity index is 1290. The number of thiazole rings is 1. The Balaban J connectivity index is 1.36. The highest BCUT2D eigenvalue weighted by atomic mass is 32.1. The Morgan fingerprint density at radius 1 is 1.17 bits per heavy atom. The van der Waals surface area contributed by atoms with Crippen LogP contribution in [0.25, 0.3) is 0 Å². The lowest BCUT2D eigenvalue weighted by atomic mass is 10.1. The molecule has 3 aromatic rings. The topological polar surface area (TPSA) is 123 Å². The van der Waals surface area contributed by atoms with Crippen molar-refractivity contribution < 1.29 is 23.9 Å². The van der Waals surface area contributed by atoms with Crippen molar-refractivity contribution in [3.8, 4) is 5.75 Å². The number of benzene rings is 1. The number of amides is 3. The Morgan fingerprint density at radius 2 is 2.00 bits per heavy atom. The van der Waals surface area contributed by atoms with Crippen LogP contribution in [0, 0.1) is 0 Å². The molecule has 0 aliphatic carbocycles. The number of primary amides is 1. The van der Waals surface area contributed by atoms with Crippen LogP contribution in [0.4, 0.5) is 5.13 Å². The molecule has 2 aliphatic heterocycles. The van der Waals surface area contributed by atoms with Crippen LogP contribution in [0.3, 0.4) is 0 Å². The summed E-state index contributed by atoms with van der Waals surface area (Å²) >= 11 is 2.50. The molecule has 5 rings (SSSR count). The van der Waals surface area contributed by atoms with E-state index in [1.165, 1.54) is 32.5 Å². The zero-order valence-electron chi connectivity index (χ0n) is 18.6. The number of anilines is 1. The van der Waals surface area contributed by atoms with E-state index in [4.69, 9.17) is 10.5 Å². The van der Waals surface area contributed by atoms with Crippen molar-refractivity contribution in [3.05, 3.63) is 63.3 Å². The maximum absolute atomic E-state index is 13.3. The third-order valence-corrected chi connectivity index (χ3v) is 7.81. The number of hydrogen-bond acceptors (Lipinski definition) is 8. The van der Waals surface area contributed by atoms with Crippen molar-refractivity contribution in [3.63, 3.8) is 0 Å². The summed E-state index contributed by atoms with van der Waals surface area (Å²) in [5.74, 6) is -0.728. The maximum atomic E-state index is 13.3. The number of Topliss-reactive ketones (excluding diaryl/α,β-unsaturated/α-hetero) is 1. The summed E-state index contributed by atoms with van der Waals surface area (Å²) in [6.07, 6.45) is 0.399. The lowest BCUT2D eigenvalue weighted by molar-refractivity contribution is -0.137. The Morgan fingerprint density at radius 3 is 2.74 bits per heavy atom. The van der Waals surface area contributed by atoms with E-state index in [9.17, 15) is 19.2 Å². The van der Waals surface area contributed by atoms with Gasteiger partial charge in [0.25, 0.3) is 5.91 Å². The molecule has 1 fully saturated rings. The first-order valence-electron chi connectivity index (χ1n) is 11.1. The van der Waals surface area contributed by atoms with Gasteiger partial charge in [-0.3, -0.25) is 24.1 Å². The molecule has 3 amide bonds. The third-order valence-electron chi connectivity index (χ3n) is 6.07. The van der Waals surface area contributed by atoms with E-state index in [0.717, 1.165) is 0 Å². The number of para-hydroxylation sites is 1. The SMILES string of the molecule is NC(=O)C1CCCN1C(=O)CCN(C(=O)c1cccs1)c1nc(C2Oc3ccccc3C2=O)cs1. The van der Waals surface area contributed by atoms with Gasteiger partial charge in [0.2, 0.25) is 23.7 Å². The number of nitrogens with two attached hydrogens (primary N) is 1. The van der Waals surface area contributed by atoms with Gasteiger partial charge in [-0.25, -0.2) is 4.98 Å². The minimum Gasteiger partial charge on any atom is -0.475 e. The second-order valence-electron chi connectivity index (χ2n) is 8.24. The number of hydrogen-bond donors (Lipinski definition) is 1. The Hall–Kier alpha value is -3.57. The number of carbonyl (C=O) groups excluding carboxylic acids is 4. The zero-order valence-corrected chi connectivity index (χ0v) is 20.2. The van der Waals surface area contributed by atoms with Crippen LogP contribution < -0.4 is 15.4 Å². The molecule has 9 nitrogen and oxygen atoms in total. The first kappa shape index (κ1) is 23.2. The molecule has 2 unspecified atom stereocenters. The molecule has 0 saturated carbocycles. The lowest BCUT2D eigenvalue weighted by Gasteiger charge is -2.24. The third kappa shape index (κ3) is 4.44. The molecule has 1 aromatic carbocycles. The van der Waals surface area contributed by atoms with E-state index < -0.39 is 18.1 Å². The molecule has 0 bridgehead atoms. The fourth-order valence-corrected chi connectivity index (χ4v) is 5.87. The number of rotatable bonds is 7. The highest BCUT2D eigenvalue weighted by Crippen LogP contribution is 2.38. The van der Waals surface area contributed by atoms with Gasteiger partial charge in [-0.2, -0.15) is 0 Å². The number of carbonyl (C=O) groups is 4. The van der Waals surface area contributed by atoms with E-state index in [1.54, 1.807) is 47.2 Å². The summed E-state index contributed by atoms with van der Waals surface area (Å²) in [4.78, 5) is 58.7. The van der Waals surface area contributed by atoms with Gasteiger partial charge in [-0.05, 0) is 36.4 Å². The maximum Gasteiger partial charge on any atom is 0.270 e. The lowest BCUT2D eigenvalue weighted by Crippen LogP contribution is -2.45. The van der Waals surface area contributed by atoms with Gasteiger partial charge in [0.1, 0.15) is 17.5 Å². The number of ketones is 1. The van der Waals surface area contributed by atoms with Gasteiger partial charge in [-0.1, -0.05) is 18.2 Å². The average molecular weight is 511 g/mol. The summed E-state index contributed by atoms with van der Waals surface area (Å²) < 4.78 is 5.82. The normalized spacial score (nSPS) is 18.9. The van der Waals surface area contributed by atoms with Gasteiger partial charge >= 0.3 is 0 Å². The summed E-state index contributed by atoms with van der Waals surface area (Å²) in [6.45, 7) is 0.540. The fraction of sp³-hybridized carbons (Fsp3) is 0.292. The standard InChI is InChI=1S/C24H22N4O5S2/c25-22(31)16-6-3-10-27(16)19(29)9-11-28(23(32)18-8-4-12-34-18)24-26-15(13-35-24)21-20(30)14-5-1-2-7-17(14)33-21/h1-2,4-5,7-8,12-13,16,21H,3,6,9-11H2,(H2,25,31). The highest BCUT2D eigenvalue weighted by molar-refractivity contribution is 7.14. The first-order valence-corrected chi connectivity index (χ1v) is 12.9. The molecule has 1 saturated heterocycles. The molecule has 2 aromatic heterocycles. The van der Waals surface area contributed by atoms with Crippen LogP contribution in [-0.2, 0) is 9.59 Å². The van der Waals surface area contributed by atoms with Gasteiger partial charge in [0.15, 0.2) is 5.13 Å². The van der Waals surface area contributed by atoms with E-state index in [0.29, 0.717) is 46.4 Å². The van der Waals surface area contributed by atoms with Crippen LogP contribution in [0.2, 0.25) is 0 Å². The van der Waals surface area contributed by atoms with Crippen molar-refractivity contribution in [2.24, 2.45) is 5.73 Å². The van der Waals surface area contributed by atoms with Crippen molar-refractivity contribution in [1.82, 2.24) is 9.88 Å². The van der Waals surface area contributed by atoms with Crippen LogP contribution in [0.15, 0.2) is 47.2 Å². The number of fused-ring (bicyclic) bond motifs is 1. The number of thiophene rings is 1. The second-order valence-corrected chi connectivity index (χ2v) is 10.0. The molecule has 2 aliphatic rings. The van der Waals surface area contributed by atoms with Crippen molar-refractivity contribution in [2.45, 2.75) is 31.4 Å². The predicted molar refractivity (Wildman–Crippen MR) is 131 cm³/mol. The molecule has 0 radical (unpaired) electrons. The van der Waals surface area contributed by atoms with Crippen molar-refractivity contribution >= 4 is 51.3 Å². The summed E-state index contributed by atoms with van der Waals surface area (Å²) in [7, 11) is 0. The van der Waals surface area contributed by atoms with Gasteiger partial charge in [-0.15, -0.1) is 22.7 Å². The number of likely N-dealkylation sites (tertiary alicyclic amines) is 1.